The Morgan fingerprint density at radius 1 is 0.811 bits per heavy atom. The smallest absolute Gasteiger partial charge is 0.164 e. The normalized spacial score (nSPS) is 13.5. The van der Waals surface area contributed by atoms with Crippen molar-refractivity contribution in [2.24, 2.45) is 27.6 Å². The Balaban J connectivity index is 0.000000379. The molecule has 1 aliphatic rings. The molecule has 1 N–H and O–H groups in total. The van der Waals surface area contributed by atoms with Gasteiger partial charge in [0.25, 0.3) is 0 Å². The zero-order valence-corrected chi connectivity index (χ0v) is 38.4. The van der Waals surface area contributed by atoms with Gasteiger partial charge in [-0.3, -0.25) is 9.78 Å². The summed E-state index contributed by atoms with van der Waals surface area (Å²) in [5, 5.41) is 15.0. The molecule has 53 heavy (non-hydrogen) atoms. The number of ketones is 1. The summed E-state index contributed by atoms with van der Waals surface area (Å²) >= 11 is 1.94. The van der Waals surface area contributed by atoms with Gasteiger partial charge in [0.05, 0.1) is 5.76 Å². The Kier molecular flexibility index (Phi) is 14.9. The monoisotopic (exact) mass is 913 g/mol. The Morgan fingerprint density at radius 3 is 1.94 bits per heavy atom. The van der Waals surface area contributed by atoms with Gasteiger partial charge in [-0.15, -0.1) is 29.3 Å². The molecule has 0 amide bonds. The van der Waals surface area contributed by atoms with Crippen LogP contribution in [0.25, 0.3) is 32.8 Å². The molecule has 0 atom stereocenters. The number of nitrogens with zero attached hydrogens (tertiary/aromatic N) is 1. The number of hydrogen-bond acceptors (Lipinski definition) is 4. The molecule has 0 aliphatic carbocycles. The van der Waals surface area contributed by atoms with E-state index in [1.54, 1.807) is 0 Å². The summed E-state index contributed by atoms with van der Waals surface area (Å²) in [5.41, 5.74) is 6.88. The Morgan fingerprint density at radius 2 is 1.40 bits per heavy atom. The fourth-order valence-electron chi connectivity index (χ4n) is 7.29. The van der Waals surface area contributed by atoms with E-state index in [1.165, 1.54) is 59.7 Å². The fraction of sp³-hybridized carbons (Fsp3) is 0.542. The van der Waals surface area contributed by atoms with Crippen LogP contribution in [-0.4, -0.2) is 15.9 Å². The second kappa shape index (κ2) is 17.6. The first-order valence-corrected chi connectivity index (χ1v) is 20.5. The Hall–Kier alpha value is -2.46. The zero-order chi connectivity index (χ0) is 38.8. The first-order valence-electron chi connectivity index (χ1n) is 19.7. The van der Waals surface area contributed by atoms with E-state index in [2.05, 4.69) is 105 Å². The van der Waals surface area contributed by atoms with Crippen molar-refractivity contribution in [2.75, 3.05) is 0 Å². The van der Waals surface area contributed by atoms with Crippen molar-refractivity contribution in [1.82, 2.24) is 4.98 Å². The number of allylic oxidation sites excluding steroid dienone is 2. The average Bonchev–Trinajstić information content (AvgIpc) is 3.03. The number of pyridine rings is 1. The molecule has 1 aromatic heterocycles. The fourth-order valence-corrected chi connectivity index (χ4v) is 8.60. The van der Waals surface area contributed by atoms with E-state index >= 15 is 0 Å². The summed E-state index contributed by atoms with van der Waals surface area (Å²) in [7, 11) is 0. The number of aliphatic hydroxyl groups is 1. The summed E-state index contributed by atoms with van der Waals surface area (Å²) in [6.07, 6.45) is 9.97. The van der Waals surface area contributed by atoms with Gasteiger partial charge in [0.2, 0.25) is 0 Å². The minimum absolute atomic E-state index is 0. The maximum absolute atomic E-state index is 12.0. The second-order valence-corrected chi connectivity index (χ2v) is 20.1. The Labute approximate surface area is 340 Å². The molecule has 2 heterocycles. The third kappa shape index (κ3) is 11.3. The zero-order valence-electron chi connectivity index (χ0n) is 35.2. The molecule has 0 saturated carbocycles. The van der Waals surface area contributed by atoms with Crippen LogP contribution in [0.15, 0.2) is 64.2 Å². The number of hydrogen-bond donors (Lipinski definition) is 1. The van der Waals surface area contributed by atoms with Crippen LogP contribution in [0.4, 0.5) is 0 Å². The van der Waals surface area contributed by atoms with E-state index in [0.29, 0.717) is 0 Å². The van der Waals surface area contributed by atoms with E-state index in [-0.39, 0.29) is 59.2 Å². The van der Waals surface area contributed by atoms with Gasteiger partial charge in [-0.1, -0.05) is 137 Å². The minimum atomic E-state index is -0.319. The molecular weight excluding hydrogens is 847 g/mol. The maximum Gasteiger partial charge on any atom is 0.164 e. The summed E-state index contributed by atoms with van der Waals surface area (Å²) in [6.45, 7) is 31.0. The number of carbonyl (C=O) groups excluding carboxylic acids is 1. The molecule has 0 unspecified atom stereocenters. The standard InChI is InChI=1S/C34H40NS.C14H26O2.Ir/c1-32(2,3)18-21-10-11-25-24(14-21)17-26-30-29-23(12-13-35-30)15-22(19-33(4,5)6)16-28(29)36-31(26)27(25)20-34(7,8)9;1-6-11(7-2)12(15)10-13(16)14(5,8-3)9-4;/h10-16H,18-20H2,1-9H3;10-11,15H,6-9H2,1-5H3;/q-1;;/b;12-10-;. The van der Waals surface area contributed by atoms with E-state index in [9.17, 15) is 9.90 Å². The van der Waals surface area contributed by atoms with Gasteiger partial charge in [-0.25, -0.2) is 0 Å². The minimum Gasteiger partial charge on any atom is -0.512 e. The van der Waals surface area contributed by atoms with E-state index in [0.717, 1.165) is 50.6 Å². The van der Waals surface area contributed by atoms with Gasteiger partial charge >= 0.3 is 0 Å². The van der Waals surface area contributed by atoms with Crippen LogP contribution in [-0.2, 0) is 44.2 Å². The van der Waals surface area contributed by atoms with Crippen LogP contribution in [0.2, 0.25) is 0 Å². The van der Waals surface area contributed by atoms with Crippen LogP contribution >= 0.6 is 11.8 Å². The molecule has 0 fully saturated rings. The molecule has 4 aromatic rings. The van der Waals surface area contributed by atoms with Crippen molar-refractivity contribution in [3.63, 3.8) is 0 Å². The summed E-state index contributed by atoms with van der Waals surface area (Å²) < 4.78 is 0. The van der Waals surface area contributed by atoms with Gasteiger partial charge in [0.15, 0.2) is 5.78 Å². The molecule has 5 rings (SSSR count). The predicted molar refractivity (Wildman–Crippen MR) is 226 cm³/mol. The molecule has 3 nitrogen and oxygen atoms in total. The summed E-state index contributed by atoms with van der Waals surface area (Å²) in [5.74, 6) is 0.437. The molecule has 0 spiro atoms. The maximum atomic E-state index is 12.0. The van der Waals surface area contributed by atoms with Crippen LogP contribution in [0, 0.1) is 33.6 Å². The number of aliphatic hydroxyl groups excluding tert-OH is 1. The van der Waals surface area contributed by atoms with Gasteiger partial charge < -0.3 is 5.11 Å². The molecule has 3 aromatic carbocycles. The summed E-state index contributed by atoms with van der Waals surface area (Å²) in [6, 6.07) is 17.9. The van der Waals surface area contributed by atoms with Gasteiger partial charge in [-0.05, 0) is 94.6 Å². The van der Waals surface area contributed by atoms with Crippen molar-refractivity contribution in [3.8, 4) is 11.3 Å². The van der Waals surface area contributed by atoms with Crippen LogP contribution in [0.5, 0.6) is 0 Å². The Bertz CT molecular complexity index is 1930. The van der Waals surface area contributed by atoms with E-state index < -0.39 is 0 Å². The van der Waals surface area contributed by atoms with E-state index in [4.69, 9.17) is 4.98 Å². The van der Waals surface area contributed by atoms with Gasteiger partial charge in [-0.2, -0.15) is 0 Å². The molecule has 5 heteroatoms. The second-order valence-electron chi connectivity index (χ2n) is 19.1. The third-order valence-corrected chi connectivity index (χ3v) is 11.7. The van der Waals surface area contributed by atoms with Gasteiger partial charge in [0, 0.05) is 54.3 Å². The molecule has 1 radical (unpaired) electrons. The number of rotatable bonds is 10. The number of fused-ring (bicyclic) bond motifs is 3. The topological polar surface area (TPSA) is 50.2 Å². The van der Waals surface area contributed by atoms with Crippen molar-refractivity contribution in [3.05, 3.63) is 77.2 Å². The first-order chi connectivity index (χ1) is 24.1. The van der Waals surface area contributed by atoms with Crippen molar-refractivity contribution in [2.45, 2.75) is 152 Å². The average molecular weight is 913 g/mol. The largest absolute Gasteiger partial charge is 0.512 e. The van der Waals surface area contributed by atoms with Crippen LogP contribution in [0.1, 0.15) is 139 Å². The molecular formula is C48H66IrNO2S-. The quantitative estimate of drug-likeness (QED) is 0.0862. The van der Waals surface area contributed by atoms with Crippen molar-refractivity contribution in [1.29, 1.82) is 0 Å². The SMILES string of the molecule is CC(C)(C)Cc1ccc2c(CC(C)(C)C)c3c([c-]c2c1)-c1nccc2cc(CC(C)(C)C)cc(c12)S3.CCC(CC)/C(O)=C/C(=O)C(C)(CC)CC.[Ir]. The van der Waals surface area contributed by atoms with E-state index in [1.807, 2.05) is 52.6 Å². The van der Waals surface area contributed by atoms with Crippen molar-refractivity contribution < 1.29 is 30.0 Å². The molecule has 0 bridgehead atoms. The molecule has 0 saturated heterocycles. The predicted octanol–water partition coefficient (Wildman–Crippen LogP) is 14.3. The van der Waals surface area contributed by atoms with Crippen LogP contribution in [0.3, 0.4) is 0 Å². The first kappa shape index (κ1) is 44.9. The number of carbonyl (C=O) groups is 1. The summed E-state index contributed by atoms with van der Waals surface area (Å²) in [4.78, 5) is 19.7. The number of benzene rings is 3. The molecule has 1 aliphatic heterocycles. The van der Waals surface area contributed by atoms with Gasteiger partial charge in [0.1, 0.15) is 0 Å². The third-order valence-electron chi connectivity index (χ3n) is 10.5. The molecule has 291 valence electrons. The van der Waals surface area contributed by atoms with Crippen molar-refractivity contribution >= 4 is 39.1 Å². The number of aromatic nitrogens is 1. The van der Waals surface area contributed by atoms with Crippen LogP contribution < -0.4 is 0 Å².